The predicted molar refractivity (Wildman–Crippen MR) is 90.6 cm³/mol. The predicted octanol–water partition coefficient (Wildman–Crippen LogP) is 2.73. The van der Waals surface area contributed by atoms with Crippen molar-refractivity contribution in [3.05, 3.63) is 54.1 Å². The van der Waals surface area contributed by atoms with Crippen LogP contribution < -0.4 is 15.4 Å². The average molecular weight is 323 g/mol. The van der Waals surface area contributed by atoms with Gasteiger partial charge in [0.25, 0.3) is 0 Å². The molecule has 24 heavy (non-hydrogen) atoms. The van der Waals surface area contributed by atoms with E-state index < -0.39 is 0 Å². The van der Waals surface area contributed by atoms with Gasteiger partial charge in [-0.2, -0.15) is 5.26 Å². The summed E-state index contributed by atoms with van der Waals surface area (Å²) in [4.78, 5) is 23.4. The zero-order valence-corrected chi connectivity index (χ0v) is 13.2. The molecular weight excluding hydrogens is 306 g/mol. The molecule has 0 fully saturated rings. The number of carbonyl (C=O) groups is 2. The van der Waals surface area contributed by atoms with E-state index in [4.69, 9.17) is 10.00 Å². The van der Waals surface area contributed by atoms with E-state index in [0.717, 1.165) is 5.56 Å². The summed E-state index contributed by atoms with van der Waals surface area (Å²) in [5, 5.41) is 13.8. The fourth-order valence-electron chi connectivity index (χ4n) is 2.14. The van der Waals surface area contributed by atoms with E-state index in [1.807, 2.05) is 18.2 Å². The van der Waals surface area contributed by atoms with Gasteiger partial charge in [-0.3, -0.25) is 9.59 Å². The summed E-state index contributed by atoms with van der Waals surface area (Å²) in [6.07, 6.45) is 0.00205. The van der Waals surface area contributed by atoms with Crippen LogP contribution in [0.4, 0.5) is 11.4 Å². The Bertz CT molecular complexity index is 764. The van der Waals surface area contributed by atoms with Crippen LogP contribution in [0.3, 0.4) is 0 Å². The van der Waals surface area contributed by atoms with Crippen molar-refractivity contribution >= 4 is 23.2 Å². The third-order valence-corrected chi connectivity index (χ3v) is 3.24. The number of ether oxygens (including phenoxy) is 1. The molecule has 0 saturated carbocycles. The molecule has 0 radical (unpaired) electrons. The molecule has 2 aromatic carbocycles. The molecule has 0 heterocycles. The van der Waals surface area contributed by atoms with Crippen LogP contribution in [0.25, 0.3) is 0 Å². The monoisotopic (exact) mass is 323 g/mol. The Morgan fingerprint density at radius 1 is 1.00 bits per heavy atom. The number of carbonyl (C=O) groups excluding carboxylic acids is 2. The molecule has 0 aliphatic carbocycles. The number of amides is 2. The molecule has 2 N–H and O–H groups in total. The lowest BCUT2D eigenvalue weighted by Gasteiger charge is -2.09. The van der Waals surface area contributed by atoms with Gasteiger partial charge in [-0.05, 0) is 30.3 Å². The Morgan fingerprint density at radius 2 is 1.58 bits per heavy atom. The Kier molecular flexibility index (Phi) is 5.92. The van der Waals surface area contributed by atoms with Crippen LogP contribution in [0.5, 0.6) is 5.75 Å². The van der Waals surface area contributed by atoms with Crippen molar-refractivity contribution < 1.29 is 14.3 Å². The van der Waals surface area contributed by atoms with Gasteiger partial charge in [0.2, 0.25) is 11.8 Å². The lowest BCUT2D eigenvalue weighted by Crippen LogP contribution is -2.15. The molecule has 2 amide bonds. The molecule has 2 aromatic rings. The first-order chi connectivity index (χ1) is 11.6. The highest BCUT2D eigenvalue weighted by molar-refractivity contribution is 5.94. The highest BCUT2D eigenvalue weighted by Crippen LogP contribution is 2.19. The fraction of sp³-hybridized carbons (Fsp3) is 0.167. The van der Waals surface area contributed by atoms with Crippen LogP contribution in [0.15, 0.2) is 48.5 Å². The number of nitrogens with zero attached hydrogens (tertiary/aromatic N) is 1. The maximum Gasteiger partial charge on any atom is 0.238 e. The van der Waals surface area contributed by atoms with Crippen LogP contribution in [0, 0.1) is 11.3 Å². The van der Waals surface area contributed by atoms with Crippen molar-refractivity contribution in [3.63, 3.8) is 0 Å². The smallest absolute Gasteiger partial charge is 0.238 e. The minimum Gasteiger partial charge on any atom is -0.496 e. The van der Waals surface area contributed by atoms with Crippen LogP contribution in [0.2, 0.25) is 0 Å². The van der Waals surface area contributed by atoms with Crippen LogP contribution >= 0.6 is 0 Å². The normalized spacial score (nSPS) is 9.67. The first-order valence-corrected chi connectivity index (χ1v) is 7.31. The minimum absolute atomic E-state index is 0.166. The summed E-state index contributed by atoms with van der Waals surface area (Å²) in [6, 6.07) is 15.8. The minimum atomic E-state index is -0.370. The molecular formula is C18H17N3O3. The lowest BCUT2D eigenvalue weighted by atomic mass is 10.1. The lowest BCUT2D eigenvalue weighted by molar-refractivity contribution is -0.116. The van der Waals surface area contributed by atoms with Crippen LogP contribution in [0.1, 0.15) is 12.0 Å². The molecule has 2 rings (SSSR count). The first kappa shape index (κ1) is 17.0. The van der Waals surface area contributed by atoms with E-state index in [1.165, 1.54) is 0 Å². The quantitative estimate of drug-likeness (QED) is 0.855. The van der Waals surface area contributed by atoms with Gasteiger partial charge in [-0.25, -0.2) is 0 Å². The topological polar surface area (TPSA) is 91.2 Å². The van der Waals surface area contributed by atoms with Crippen molar-refractivity contribution in [2.75, 3.05) is 17.7 Å². The van der Waals surface area contributed by atoms with E-state index in [1.54, 1.807) is 43.5 Å². The molecule has 0 aliphatic heterocycles. The highest BCUT2D eigenvalue weighted by atomic mass is 16.5. The molecule has 0 spiro atoms. The maximum absolute atomic E-state index is 12.1. The van der Waals surface area contributed by atoms with Crippen LogP contribution in [-0.4, -0.2) is 18.9 Å². The summed E-state index contributed by atoms with van der Waals surface area (Å²) in [6.45, 7) is 0. The number of hydrogen-bond acceptors (Lipinski definition) is 4. The Labute approximate surface area is 140 Å². The summed E-state index contributed by atoms with van der Waals surface area (Å²) in [5.74, 6) is 0.134. The standard InChI is InChI=1S/C18H17N3O3/c1-24-16-5-3-2-4-13(16)12-18(23)21-15-8-6-14(7-9-15)20-17(22)10-11-19/h2-9H,10,12H2,1H3,(H,20,22)(H,21,23). The number of benzene rings is 2. The number of para-hydroxylation sites is 1. The number of rotatable bonds is 6. The number of nitrogens with one attached hydrogen (secondary N) is 2. The average Bonchev–Trinajstić information content (AvgIpc) is 2.57. The highest BCUT2D eigenvalue weighted by Gasteiger charge is 2.08. The Balaban J connectivity index is 1.95. The largest absolute Gasteiger partial charge is 0.496 e. The number of anilines is 2. The zero-order valence-electron chi connectivity index (χ0n) is 13.2. The first-order valence-electron chi connectivity index (χ1n) is 7.31. The molecule has 0 unspecified atom stereocenters. The third-order valence-electron chi connectivity index (χ3n) is 3.24. The third kappa shape index (κ3) is 4.85. The van der Waals surface area contributed by atoms with Gasteiger partial charge in [0.1, 0.15) is 12.2 Å². The van der Waals surface area contributed by atoms with Gasteiger partial charge in [-0.1, -0.05) is 18.2 Å². The molecule has 6 nitrogen and oxygen atoms in total. The van der Waals surface area contributed by atoms with Gasteiger partial charge in [0, 0.05) is 16.9 Å². The molecule has 0 saturated heterocycles. The Hall–Kier alpha value is -3.33. The second-order valence-electron chi connectivity index (χ2n) is 5.00. The van der Waals surface area contributed by atoms with Crippen LogP contribution in [-0.2, 0) is 16.0 Å². The second-order valence-corrected chi connectivity index (χ2v) is 5.00. The molecule has 6 heteroatoms. The summed E-state index contributed by atoms with van der Waals surface area (Å²) in [5.41, 5.74) is 1.99. The van der Waals surface area contributed by atoms with E-state index >= 15 is 0 Å². The molecule has 0 bridgehead atoms. The summed E-state index contributed by atoms with van der Waals surface area (Å²) in [7, 11) is 1.57. The van der Waals surface area contributed by atoms with E-state index in [2.05, 4.69) is 10.6 Å². The van der Waals surface area contributed by atoms with Crippen molar-refractivity contribution in [2.24, 2.45) is 0 Å². The Morgan fingerprint density at radius 3 is 2.17 bits per heavy atom. The van der Waals surface area contributed by atoms with E-state index in [0.29, 0.717) is 17.1 Å². The van der Waals surface area contributed by atoms with Gasteiger partial charge < -0.3 is 15.4 Å². The van der Waals surface area contributed by atoms with Crippen molar-refractivity contribution in [3.8, 4) is 11.8 Å². The van der Waals surface area contributed by atoms with Gasteiger partial charge in [-0.15, -0.1) is 0 Å². The number of methoxy groups -OCH3 is 1. The molecule has 0 atom stereocenters. The fourth-order valence-corrected chi connectivity index (χ4v) is 2.14. The van der Waals surface area contributed by atoms with E-state index in [-0.39, 0.29) is 24.7 Å². The maximum atomic E-state index is 12.1. The molecule has 0 aliphatic rings. The van der Waals surface area contributed by atoms with Crippen molar-refractivity contribution in [2.45, 2.75) is 12.8 Å². The van der Waals surface area contributed by atoms with Gasteiger partial charge in [0.05, 0.1) is 19.6 Å². The van der Waals surface area contributed by atoms with Gasteiger partial charge >= 0.3 is 0 Å². The molecule has 0 aromatic heterocycles. The molecule has 122 valence electrons. The summed E-state index contributed by atoms with van der Waals surface area (Å²) < 4.78 is 5.23. The SMILES string of the molecule is COc1ccccc1CC(=O)Nc1ccc(NC(=O)CC#N)cc1. The van der Waals surface area contributed by atoms with Crippen molar-refractivity contribution in [1.29, 1.82) is 5.26 Å². The second kappa shape index (κ2) is 8.34. The zero-order chi connectivity index (χ0) is 17.4. The van der Waals surface area contributed by atoms with Gasteiger partial charge in [0.15, 0.2) is 0 Å². The van der Waals surface area contributed by atoms with Crippen molar-refractivity contribution in [1.82, 2.24) is 0 Å². The number of hydrogen-bond donors (Lipinski definition) is 2. The number of nitriles is 1. The van der Waals surface area contributed by atoms with E-state index in [9.17, 15) is 9.59 Å². The summed E-state index contributed by atoms with van der Waals surface area (Å²) >= 11 is 0.